The van der Waals surface area contributed by atoms with E-state index < -0.39 is 0 Å². The van der Waals surface area contributed by atoms with Gasteiger partial charge in [-0.15, -0.1) is 0 Å². The van der Waals surface area contributed by atoms with Crippen LogP contribution in [0.25, 0.3) is 11.3 Å². The molecule has 3 heteroatoms. The van der Waals surface area contributed by atoms with Crippen molar-refractivity contribution >= 4 is 15.9 Å². The summed E-state index contributed by atoms with van der Waals surface area (Å²) in [4.78, 5) is 0. The van der Waals surface area contributed by atoms with E-state index in [0.717, 1.165) is 28.0 Å². The first-order valence-corrected chi connectivity index (χ1v) is 7.40. The van der Waals surface area contributed by atoms with Gasteiger partial charge in [0.25, 0.3) is 0 Å². The molecule has 0 fully saturated rings. The fourth-order valence-electron chi connectivity index (χ4n) is 2.45. The molecule has 2 aromatic rings. The van der Waals surface area contributed by atoms with Gasteiger partial charge in [-0.2, -0.15) is 0 Å². The van der Waals surface area contributed by atoms with Crippen LogP contribution < -0.4 is 5.32 Å². The summed E-state index contributed by atoms with van der Waals surface area (Å²) in [6.45, 7) is 6.37. The minimum Gasteiger partial charge on any atom is -0.459 e. The van der Waals surface area contributed by atoms with E-state index in [2.05, 4.69) is 66.3 Å². The molecule has 102 valence electrons. The van der Waals surface area contributed by atoms with E-state index in [0.29, 0.717) is 0 Å². The summed E-state index contributed by atoms with van der Waals surface area (Å²) in [5.41, 5.74) is 3.62. The Kier molecular flexibility index (Phi) is 4.48. The predicted molar refractivity (Wildman–Crippen MR) is 83.4 cm³/mol. The Bertz CT molecular complexity index is 547. The summed E-state index contributed by atoms with van der Waals surface area (Å²) in [6.07, 6.45) is 1.01. The minimum atomic E-state index is 0.276. The van der Waals surface area contributed by atoms with Gasteiger partial charge in [-0.1, -0.05) is 28.9 Å². The summed E-state index contributed by atoms with van der Waals surface area (Å²) < 4.78 is 7.11. The fraction of sp³-hybridized carbons (Fsp3) is 0.375. The molecule has 1 atom stereocenters. The number of nitrogens with one attached hydrogen (secondary N) is 1. The highest BCUT2D eigenvalue weighted by molar-refractivity contribution is 9.10. The third-order valence-corrected chi connectivity index (χ3v) is 4.03. The summed E-state index contributed by atoms with van der Waals surface area (Å²) in [5, 5.41) is 3.27. The van der Waals surface area contributed by atoms with E-state index in [4.69, 9.17) is 4.42 Å². The lowest BCUT2D eigenvalue weighted by molar-refractivity contribution is 0.431. The second-order valence-corrected chi connectivity index (χ2v) is 5.74. The average molecular weight is 322 g/mol. The van der Waals surface area contributed by atoms with Crippen LogP contribution in [-0.2, 0) is 0 Å². The van der Waals surface area contributed by atoms with Crippen LogP contribution in [0.4, 0.5) is 0 Å². The highest BCUT2D eigenvalue weighted by Gasteiger charge is 2.15. The molecule has 0 radical (unpaired) electrons. The maximum atomic E-state index is 6.02. The molecule has 0 spiro atoms. The standard InChI is InChI=1S/C16H20BrNO/c1-5-13(18-4)14-6-7-15(19-14)16-11(3)8-10(2)9-12(16)17/h6-9,13,18H,5H2,1-4H3. The Hall–Kier alpha value is -1.06. The molecule has 0 saturated heterocycles. The highest BCUT2D eigenvalue weighted by Crippen LogP contribution is 2.35. The van der Waals surface area contributed by atoms with Crippen LogP contribution in [0.15, 0.2) is 33.2 Å². The van der Waals surface area contributed by atoms with Crippen LogP contribution in [0.5, 0.6) is 0 Å². The summed E-state index contributed by atoms with van der Waals surface area (Å²) in [6, 6.07) is 8.69. The van der Waals surface area contributed by atoms with Gasteiger partial charge in [0.1, 0.15) is 11.5 Å². The lowest BCUT2D eigenvalue weighted by Crippen LogP contribution is -2.14. The Morgan fingerprint density at radius 1 is 1.26 bits per heavy atom. The second-order valence-electron chi connectivity index (χ2n) is 4.89. The molecule has 1 N–H and O–H groups in total. The van der Waals surface area contributed by atoms with Crippen LogP contribution in [0.3, 0.4) is 0 Å². The molecule has 2 nitrogen and oxygen atoms in total. The van der Waals surface area contributed by atoms with E-state index in [1.165, 1.54) is 11.1 Å². The second kappa shape index (κ2) is 5.93. The number of hydrogen-bond acceptors (Lipinski definition) is 2. The van der Waals surface area contributed by atoms with Gasteiger partial charge in [-0.05, 0) is 56.6 Å². The molecule has 0 saturated carbocycles. The molecule has 1 aromatic heterocycles. The van der Waals surface area contributed by atoms with Crippen molar-refractivity contribution < 1.29 is 4.42 Å². The zero-order chi connectivity index (χ0) is 14.0. The van der Waals surface area contributed by atoms with Crippen molar-refractivity contribution in [3.8, 4) is 11.3 Å². The van der Waals surface area contributed by atoms with Crippen molar-refractivity contribution in [1.29, 1.82) is 0 Å². The first-order chi connectivity index (χ1) is 9.06. The molecule has 1 aromatic carbocycles. The Labute approximate surface area is 123 Å². The predicted octanol–water partition coefficient (Wildman–Crippen LogP) is 5.00. The van der Waals surface area contributed by atoms with Gasteiger partial charge < -0.3 is 9.73 Å². The molecule has 0 aliphatic rings. The maximum Gasteiger partial charge on any atom is 0.135 e. The van der Waals surface area contributed by atoms with Gasteiger partial charge in [0.2, 0.25) is 0 Å². The number of benzene rings is 1. The molecule has 2 rings (SSSR count). The van der Waals surface area contributed by atoms with Gasteiger partial charge >= 0.3 is 0 Å². The summed E-state index contributed by atoms with van der Waals surface area (Å²) >= 11 is 3.64. The average Bonchev–Trinajstić information content (AvgIpc) is 2.78. The van der Waals surface area contributed by atoms with Crippen LogP contribution in [0.2, 0.25) is 0 Å². The topological polar surface area (TPSA) is 25.2 Å². The Morgan fingerprint density at radius 3 is 2.58 bits per heavy atom. The zero-order valence-corrected chi connectivity index (χ0v) is 13.5. The molecular weight excluding hydrogens is 302 g/mol. The largest absolute Gasteiger partial charge is 0.459 e. The SMILES string of the molecule is CCC(NC)c1ccc(-c2c(C)cc(C)cc2Br)o1. The van der Waals surface area contributed by atoms with Gasteiger partial charge in [0.05, 0.1) is 6.04 Å². The van der Waals surface area contributed by atoms with E-state index in [-0.39, 0.29) is 6.04 Å². The lowest BCUT2D eigenvalue weighted by Gasteiger charge is -2.11. The number of hydrogen-bond donors (Lipinski definition) is 1. The minimum absolute atomic E-state index is 0.276. The Morgan fingerprint density at radius 2 is 2.00 bits per heavy atom. The van der Waals surface area contributed by atoms with Gasteiger partial charge in [-0.25, -0.2) is 0 Å². The quantitative estimate of drug-likeness (QED) is 0.857. The molecule has 0 aliphatic heterocycles. The van der Waals surface area contributed by atoms with Gasteiger partial charge in [0.15, 0.2) is 0 Å². The fourth-order valence-corrected chi connectivity index (χ4v) is 3.32. The monoisotopic (exact) mass is 321 g/mol. The molecule has 1 heterocycles. The third kappa shape index (κ3) is 2.93. The number of aryl methyl sites for hydroxylation is 2. The Balaban J connectivity index is 2.43. The van der Waals surface area contributed by atoms with Crippen molar-refractivity contribution in [2.45, 2.75) is 33.2 Å². The summed E-state index contributed by atoms with van der Waals surface area (Å²) in [7, 11) is 1.96. The molecule has 0 bridgehead atoms. The first kappa shape index (κ1) is 14.4. The van der Waals surface area contributed by atoms with Crippen molar-refractivity contribution in [3.63, 3.8) is 0 Å². The van der Waals surface area contributed by atoms with E-state index in [9.17, 15) is 0 Å². The molecule has 1 unspecified atom stereocenters. The highest BCUT2D eigenvalue weighted by atomic mass is 79.9. The van der Waals surface area contributed by atoms with E-state index in [1.807, 2.05) is 7.05 Å². The van der Waals surface area contributed by atoms with Crippen LogP contribution in [0, 0.1) is 13.8 Å². The zero-order valence-electron chi connectivity index (χ0n) is 11.9. The number of furan rings is 1. The molecule has 19 heavy (non-hydrogen) atoms. The van der Waals surface area contributed by atoms with Crippen molar-refractivity contribution in [2.75, 3.05) is 7.05 Å². The normalized spacial score (nSPS) is 12.7. The van der Waals surface area contributed by atoms with Crippen molar-refractivity contribution in [1.82, 2.24) is 5.32 Å². The summed E-state index contributed by atoms with van der Waals surface area (Å²) in [5.74, 6) is 1.92. The van der Waals surface area contributed by atoms with Crippen molar-refractivity contribution in [2.24, 2.45) is 0 Å². The maximum absolute atomic E-state index is 6.02. The van der Waals surface area contributed by atoms with Crippen LogP contribution >= 0.6 is 15.9 Å². The molecule has 0 amide bonds. The molecule has 0 aliphatic carbocycles. The van der Waals surface area contributed by atoms with E-state index >= 15 is 0 Å². The van der Waals surface area contributed by atoms with Gasteiger partial charge in [0, 0.05) is 10.0 Å². The smallest absolute Gasteiger partial charge is 0.135 e. The number of halogens is 1. The van der Waals surface area contributed by atoms with Crippen molar-refractivity contribution in [3.05, 3.63) is 45.6 Å². The lowest BCUT2D eigenvalue weighted by atomic mass is 10.0. The number of rotatable bonds is 4. The third-order valence-electron chi connectivity index (χ3n) is 3.41. The molecular formula is C16H20BrNO. The van der Waals surface area contributed by atoms with Gasteiger partial charge in [-0.3, -0.25) is 0 Å². The van der Waals surface area contributed by atoms with Crippen LogP contribution in [-0.4, -0.2) is 7.05 Å². The van der Waals surface area contributed by atoms with Crippen LogP contribution in [0.1, 0.15) is 36.3 Å². The van der Waals surface area contributed by atoms with E-state index in [1.54, 1.807) is 0 Å². The first-order valence-electron chi connectivity index (χ1n) is 6.61.